The molecular weight excluding hydrogens is 248 g/mol. The number of hydrogen-bond donors (Lipinski definition) is 0. The molecule has 3 rings (SSSR count). The van der Waals surface area contributed by atoms with Crippen LogP contribution in [0.4, 0.5) is 0 Å². The molecule has 0 amide bonds. The van der Waals surface area contributed by atoms with Crippen LogP contribution in [0.5, 0.6) is 0 Å². The average Bonchev–Trinajstić information content (AvgIpc) is 3.02. The number of rotatable bonds is 4. The van der Waals surface area contributed by atoms with Crippen LogP contribution in [0.25, 0.3) is 0 Å². The first-order chi connectivity index (χ1) is 8.40. The molecule has 2 saturated heterocycles. The molecule has 1 aromatic heterocycles. The fourth-order valence-corrected chi connectivity index (χ4v) is 5.27. The van der Waals surface area contributed by atoms with E-state index in [1.807, 2.05) is 0 Å². The Kier molecular flexibility index (Phi) is 4.07. The maximum atomic E-state index is 5.98. The van der Waals surface area contributed by atoms with E-state index in [1.165, 1.54) is 48.7 Å². The van der Waals surface area contributed by atoms with Gasteiger partial charge in [-0.1, -0.05) is 0 Å². The zero-order valence-corrected chi connectivity index (χ0v) is 11.8. The van der Waals surface area contributed by atoms with Gasteiger partial charge in [-0.05, 0) is 49.3 Å². The van der Waals surface area contributed by atoms with Crippen molar-refractivity contribution in [2.45, 2.75) is 49.0 Å². The summed E-state index contributed by atoms with van der Waals surface area (Å²) in [5.74, 6) is 5.11. The Balaban J connectivity index is 1.54. The summed E-state index contributed by atoms with van der Waals surface area (Å²) in [7, 11) is 0. The second-order valence-electron chi connectivity index (χ2n) is 5.05. The molecule has 2 aliphatic heterocycles. The molecule has 0 bridgehead atoms. The van der Waals surface area contributed by atoms with E-state index in [9.17, 15) is 0 Å². The topological polar surface area (TPSA) is 13.1 Å². The maximum absolute atomic E-state index is 5.98. The molecule has 0 radical (unpaired) electrons. The van der Waals surface area contributed by atoms with Gasteiger partial charge in [-0.3, -0.25) is 0 Å². The van der Waals surface area contributed by atoms with Crippen LogP contribution >= 0.6 is 23.5 Å². The van der Waals surface area contributed by atoms with E-state index in [4.69, 9.17) is 4.42 Å². The second-order valence-corrected chi connectivity index (χ2v) is 7.86. The summed E-state index contributed by atoms with van der Waals surface area (Å²) in [4.78, 5) is 0. The van der Waals surface area contributed by atoms with Crippen molar-refractivity contribution in [2.75, 3.05) is 11.5 Å². The molecule has 0 aliphatic carbocycles. The van der Waals surface area contributed by atoms with Gasteiger partial charge in [0.2, 0.25) is 0 Å². The van der Waals surface area contributed by atoms with Gasteiger partial charge in [0, 0.05) is 23.3 Å². The van der Waals surface area contributed by atoms with Gasteiger partial charge >= 0.3 is 0 Å². The van der Waals surface area contributed by atoms with Crippen LogP contribution in [-0.4, -0.2) is 22.0 Å². The first-order valence-electron chi connectivity index (χ1n) is 6.71. The lowest BCUT2D eigenvalue weighted by atomic mass is 10.1. The number of furan rings is 1. The zero-order valence-electron chi connectivity index (χ0n) is 10.2. The van der Waals surface area contributed by atoms with Gasteiger partial charge in [0.05, 0.1) is 0 Å². The molecule has 0 spiro atoms. The molecule has 0 N–H and O–H groups in total. The normalized spacial score (nSPS) is 28.9. The van der Waals surface area contributed by atoms with Crippen LogP contribution in [0.1, 0.15) is 37.2 Å². The summed E-state index contributed by atoms with van der Waals surface area (Å²) in [5.41, 5.74) is 0. The summed E-state index contributed by atoms with van der Waals surface area (Å²) in [6, 6.07) is 4.40. The van der Waals surface area contributed by atoms with Gasteiger partial charge in [0.15, 0.2) is 0 Å². The molecule has 0 saturated carbocycles. The number of hydrogen-bond acceptors (Lipinski definition) is 3. The lowest BCUT2D eigenvalue weighted by Gasteiger charge is -2.06. The molecule has 3 heteroatoms. The Morgan fingerprint density at radius 3 is 1.88 bits per heavy atom. The lowest BCUT2D eigenvalue weighted by molar-refractivity contribution is 0.457. The van der Waals surface area contributed by atoms with Gasteiger partial charge < -0.3 is 4.42 Å². The van der Waals surface area contributed by atoms with E-state index in [-0.39, 0.29) is 0 Å². The molecule has 2 unspecified atom stereocenters. The summed E-state index contributed by atoms with van der Waals surface area (Å²) in [5, 5.41) is 1.63. The molecule has 1 aromatic rings. The minimum absolute atomic E-state index is 0.815. The van der Waals surface area contributed by atoms with Crippen molar-refractivity contribution in [2.24, 2.45) is 0 Å². The highest BCUT2D eigenvalue weighted by Crippen LogP contribution is 2.31. The minimum Gasteiger partial charge on any atom is -0.466 e. The smallest absolute Gasteiger partial charge is 0.105 e. The van der Waals surface area contributed by atoms with Crippen molar-refractivity contribution in [1.82, 2.24) is 0 Å². The van der Waals surface area contributed by atoms with Crippen molar-refractivity contribution in [3.63, 3.8) is 0 Å². The fourth-order valence-electron chi connectivity index (χ4n) is 2.70. The largest absolute Gasteiger partial charge is 0.466 e. The second kappa shape index (κ2) is 5.75. The van der Waals surface area contributed by atoms with E-state index in [0.717, 1.165) is 23.3 Å². The Labute approximate surface area is 112 Å². The molecule has 3 heterocycles. The summed E-state index contributed by atoms with van der Waals surface area (Å²) < 4.78 is 5.98. The van der Waals surface area contributed by atoms with Crippen molar-refractivity contribution < 1.29 is 4.42 Å². The number of thioether (sulfide) groups is 2. The summed E-state index contributed by atoms with van der Waals surface area (Å²) >= 11 is 4.23. The van der Waals surface area contributed by atoms with Crippen molar-refractivity contribution >= 4 is 23.5 Å². The molecule has 0 aromatic carbocycles. The zero-order chi connectivity index (χ0) is 11.5. The standard InChI is InChI=1S/C14H20OS2/c1-3-13(16-7-1)9-11-5-6-12(15-11)10-14-4-2-8-17-14/h5-6,13-14H,1-4,7-10H2. The van der Waals surface area contributed by atoms with Crippen LogP contribution in [-0.2, 0) is 12.8 Å². The summed E-state index contributed by atoms with van der Waals surface area (Å²) in [6.45, 7) is 0. The monoisotopic (exact) mass is 268 g/mol. The van der Waals surface area contributed by atoms with Crippen LogP contribution in [0.2, 0.25) is 0 Å². The van der Waals surface area contributed by atoms with Crippen LogP contribution in [0.15, 0.2) is 16.5 Å². The first-order valence-corrected chi connectivity index (χ1v) is 8.81. The van der Waals surface area contributed by atoms with E-state index in [2.05, 4.69) is 35.7 Å². The predicted molar refractivity (Wildman–Crippen MR) is 77.1 cm³/mol. The van der Waals surface area contributed by atoms with Crippen LogP contribution in [0.3, 0.4) is 0 Å². The van der Waals surface area contributed by atoms with E-state index >= 15 is 0 Å². The third kappa shape index (κ3) is 3.25. The Morgan fingerprint density at radius 2 is 1.47 bits per heavy atom. The molecule has 2 fully saturated rings. The quantitative estimate of drug-likeness (QED) is 0.814. The van der Waals surface area contributed by atoms with Gasteiger partial charge in [0.25, 0.3) is 0 Å². The van der Waals surface area contributed by atoms with Crippen molar-refractivity contribution in [3.8, 4) is 0 Å². The van der Waals surface area contributed by atoms with E-state index < -0.39 is 0 Å². The van der Waals surface area contributed by atoms with Gasteiger partial charge in [-0.25, -0.2) is 0 Å². The third-order valence-electron chi connectivity index (χ3n) is 3.62. The molecule has 17 heavy (non-hydrogen) atoms. The maximum Gasteiger partial charge on any atom is 0.105 e. The third-order valence-corrected chi connectivity index (χ3v) is 6.42. The Bertz CT molecular complexity index is 316. The highest BCUT2D eigenvalue weighted by molar-refractivity contribution is 8.00. The predicted octanol–water partition coefficient (Wildman–Crippen LogP) is 4.16. The first kappa shape index (κ1) is 12.0. The molecular formula is C14H20OS2. The van der Waals surface area contributed by atoms with Crippen LogP contribution in [0, 0.1) is 0 Å². The summed E-state index contributed by atoms with van der Waals surface area (Å²) in [6.07, 6.45) is 7.81. The van der Waals surface area contributed by atoms with Gasteiger partial charge in [0.1, 0.15) is 11.5 Å². The average molecular weight is 268 g/mol. The van der Waals surface area contributed by atoms with Gasteiger partial charge in [-0.15, -0.1) is 0 Å². The fraction of sp³-hybridized carbons (Fsp3) is 0.714. The van der Waals surface area contributed by atoms with E-state index in [1.54, 1.807) is 0 Å². The highest BCUT2D eigenvalue weighted by Gasteiger charge is 2.20. The lowest BCUT2D eigenvalue weighted by Crippen LogP contribution is -2.01. The van der Waals surface area contributed by atoms with Crippen molar-refractivity contribution in [1.29, 1.82) is 0 Å². The van der Waals surface area contributed by atoms with Crippen LogP contribution < -0.4 is 0 Å². The Hall–Kier alpha value is -0.0200. The SMILES string of the molecule is c1cc(CC2CCCS2)oc1CC1CCCS1. The van der Waals surface area contributed by atoms with Crippen molar-refractivity contribution in [3.05, 3.63) is 23.7 Å². The molecule has 2 aliphatic rings. The molecule has 1 nitrogen and oxygen atoms in total. The molecule has 2 atom stereocenters. The highest BCUT2D eigenvalue weighted by atomic mass is 32.2. The van der Waals surface area contributed by atoms with E-state index in [0.29, 0.717) is 0 Å². The Morgan fingerprint density at radius 1 is 0.941 bits per heavy atom. The van der Waals surface area contributed by atoms with Gasteiger partial charge in [-0.2, -0.15) is 23.5 Å². The minimum atomic E-state index is 0.815. The molecule has 94 valence electrons.